The minimum Gasteiger partial charge on any atom is -0.355 e. The zero-order valence-electron chi connectivity index (χ0n) is 11.8. The van der Waals surface area contributed by atoms with Crippen LogP contribution in [-0.2, 0) is 16.6 Å². The molecule has 1 heterocycles. The van der Waals surface area contributed by atoms with E-state index in [0.29, 0.717) is 6.42 Å². The molecule has 2 nitrogen and oxygen atoms in total. The Bertz CT molecular complexity index is 619. The molecule has 4 heteroatoms. The van der Waals surface area contributed by atoms with Gasteiger partial charge in [-0.3, -0.25) is 4.79 Å². The Labute approximate surface area is 137 Å². The summed E-state index contributed by atoms with van der Waals surface area (Å²) in [7, 11) is 0. The number of nitrogens with one attached hydrogen (secondary N) is 1. The standard InChI is InChI=1S/C17H18BrNOS/c18-15-4-2-1-3-13(15)5-6-16(20)19-12-17(8-9-17)14-7-10-21-11-14/h1-4,7,10-11H,5-6,8-9,12H2,(H,19,20). The Balaban J connectivity index is 1.48. The van der Waals surface area contributed by atoms with Gasteiger partial charge in [-0.1, -0.05) is 34.1 Å². The number of rotatable bonds is 6. The molecule has 21 heavy (non-hydrogen) atoms. The molecular formula is C17H18BrNOS. The number of carbonyl (C=O) groups is 1. The second-order valence-electron chi connectivity index (χ2n) is 5.66. The van der Waals surface area contributed by atoms with Gasteiger partial charge < -0.3 is 5.32 Å². The number of carbonyl (C=O) groups excluding carboxylic acids is 1. The fraction of sp³-hybridized carbons (Fsp3) is 0.353. The van der Waals surface area contributed by atoms with E-state index in [9.17, 15) is 4.79 Å². The van der Waals surface area contributed by atoms with Gasteiger partial charge >= 0.3 is 0 Å². The molecule has 110 valence electrons. The molecule has 1 aliphatic rings. The zero-order valence-corrected chi connectivity index (χ0v) is 14.2. The maximum Gasteiger partial charge on any atom is 0.220 e. The van der Waals surface area contributed by atoms with Crippen LogP contribution in [0.1, 0.15) is 30.4 Å². The third-order valence-corrected chi connectivity index (χ3v) is 5.65. The summed E-state index contributed by atoms with van der Waals surface area (Å²) in [5.41, 5.74) is 2.80. The second kappa shape index (κ2) is 6.32. The Morgan fingerprint density at radius 3 is 2.76 bits per heavy atom. The number of benzene rings is 1. The van der Waals surface area contributed by atoms with E-state index in [1.165, 1.54) is 24.0 Å². The van der Waals surface area contributed by atoms with Gasteiger partial charge in [0.2, 0.25) is 5.91 Å². The van der Waals surface area contributed by atoms with E-state index < -0.39 is 0 Å². The number of amides is 1. The van der Waals surface area contributed by atoms with Crippen LogP contribution in [-0.4, -0.2) is 12.5 Å². The summed E-state index contributed by atoms with van der Waals surface area (Å²) in [4.78, 5) is 12.0. The summed E-state index contributed by atoms with van der Waals surface area (Å²) in [6, 6.07) is 10.3. The van der Waals surface area contributed by atoms with Crippen molar-refractivity contribution in [1.82, 2.24) is 5.32 Å². The highest BCUT2D eigenvalue weighted by atomic mass is 79.9. The van der Waals surface area contributed by atoms with Gasteiger partial charge in [-0.25, -0.2) is 0 Å². The Morgan fingerprint density at radius 2 is 2.10 bits per heavy atom. The maximum atomic E-state index is 12.0. The van der Waals surface area contributed by atoms with Crippen molar-refractivity contribution in [1.29, 1.82) is 0 Å². The number of thiophene rings is 1. The van der Waals surface area contributed by atoms with Crippen molar-refractivity contribution in [2.45, 2.75) is 31.1 Å². The van der Waals surface area contributed by atoms with Crippen molar-refractivity contribution in [3.8, 4) is 0 Å². The average Bonchev–Trinajstić information content (AvgIpc) is 3.07. The van der Waals surface area contributed by atoms with E-state index in [1.807, 2.05) is 18.2 Å². The second-order valence-corrected chi connectivity index (χ2v) is 7.29. The van der Waals surface area contributed by atoms with Gasteiger partial charge in [0.25, 0.3) is 0 Å². The Kier molecular flexibility index (Phi) is 4.45. The minimum atomic E-state index is 0.146. The lowest BCUT2D eigenvalue weighted by molar-refractivity contribution is -0.121. The Morgan fingerprint density at radius 1 is 1.29 bits per heavy atom. The molecule has 0 radical (unpaired) electrons. The molecule has 1 N–H and O–H groups in total. The molecular weight excluding hydrogens is 346 g/mol. The van der Waals surface area contributed by atoms with E-state index in [1.54, 1.807) is 11.3 Å². The minimum absolute atomic E-state index is 0.146. The molecule has 1 aromatic carbocycles. The normalized spacial score (nSPS) is 15.7. The van der Waals surface area contributed by atoms with Crippen molar-refractivity contribution >= 4 is 33.2 Å². The lowest BCUT2D eigenvalue weighted by atomic mass is 9.99. The first-order valence-corrected chi connectivity index (χ1v) is 8.96. The van der Waals surface area contributed by atoms with E-state index in [2.05, 4.69) is 44.1 Å². The molecule has 0 aliphatic heterocycles. The van der Waals surface area contributed by atoms with Crippen LogP contribution in [0.4, 0.5) is 0 Å². The van der Waals surface area contributed by atoms with Gasteiger partial charge in [0, 0.05) is 22.9 Å². The van der Waals surface area contributed by atoms with Crippen molar-refractivity contribution < 1.29 is 4.79 Å². The molecule has 1 aromatic heterocycles. The van der Waals surface area contributed by atoms with Crippen molar-refractivity contribution in [2.75, 3.05) is 6.54 Å². The third-order valence-electron chi connectivity index (χ3n) is 4.19. The van der Waals surface area contributed by atoms with E-state index in [-0.39, 0.29) is 11.3 Å². The summed E-state index contributed by atoms with van der Waals surface area (Å²) in [5.74, 6) is 0.146. The average molecular weight is 364 g/mol. The molecule has 0 saturated heterocycles. The number of hydrogen-bond acceptors (Lipinski definition) is 2. The summed E-state index contributed by atoms with van der Waals surface area (Å²) in [6.45, 7) is 0.776. The fourth-order valence-corrected chi connectivity index (χ4v) is 3.85. The lowest BCUT2D eigenvalue weighted by Gasteiger charge is -2.15. The largest absolute Gasteiger partial charge is 0.355 e. The van der Waals surface area contributed by atoms with Crippen molar-refractivity contribution in [2.24, 2.45) is 0 Å². The predicted molar refractivity (Wildman–Crippen MR) is 90.7 cm³/mol. The SMILES string of the molecule is O=C(CCc1ccccc1Br)NCC1(c2ccsc2)CC1. The van der Waals surface area contributed by atoms with Crippen LogP contribution in [0.25, 0.3) is 0 Å². The first kappa shape index (κ1) is 14.8. The highest BCUT2D eigenvalue weighted by Crippen LogP contribution is 2.48. The lowest BCUT2D eigenvalue weighted by Crippen LogP contribution is -2.32. The molecule has 3 rings (SSSR count). The molecule has 0 atom stereocenters. The van der Waals surface area contributed by atoms with Crippen LogP contribution < -0.4 is 5.32 Å². The van der Waals surface area contributed by atoms with Crippen LogP contribution in [0.5, 0.6) is 0 Å². The number of halogens is 1. The van der Waals surface area contributed by atoms with Crippen LogP contribution in [0, 0.1) is 0 Å². The van der Waals surface area contributed by atoms with Gasteiger partial charge in [0.1, 0.15) is 0 Å². The molecule has 1 saturated carbocycles. The monoisotopic (exact) mass is 363 g/mol. The predicted octanol–water partition coefficient (Wildman–Crippen LogP) is 4.29. The fourth-order valence-electron chi connectivity index (χ4n) is 2.59. The highest BCUT2D eigenvalue weighted by Gasteiger charge is 2.44. The smallest absolute Gasteiger partial charge is 0.220 e. The molecule has 0 bridgehead atoms. The molecule has 1 fully saturated rings. The van der Waals surface area contributed by atoms with E-state index in [0.717, 1.165) is 17.4 Å². The van der Waals surface area contributed by atoms with Crippen LogP contribution in [0.3, 0.4) is 0 Å². The van der Waals surface area contributed by atoms with Gasteiger partial charge in [-0.15, -0.1) is 0 Å². The quantitative estimate of drug-likeness (QED) is 0.814. The topological polar surface area (TPSA) is 29.1 Å². The van der Waals surface area contributed by atoms with Gasteiger partial charge in [-0.2, -0.15) is 11.3 Å². The summed E-state index contributed by atoms with van der Waals surface area (Å²) >= 11 is 5.25. The van der Waals surface area contributed by atoms with Crippen molar-refractivity contribution in [3.63, 3.8) is 0 Å². The van der Waals surface area contributed by atoms with Crippen LogP contribution >= 0.6 is 27.3 Å². The first-order chi connectivity index (χ1) is 10.2. The van der Waals surface area contributed by atoms with E-state index in [4.69, 9.17) is 0 Å². The molecule has 2 aromatic rings. The zero-order chi connectivity index (χ0) is 14.7. The third kappa shape index (κ3) is 3.55. The highest BCUT2D eigenvalue weighted by molar-refractivity contribution is 9.10. The molecule has 0 unspecified atom stereocenters. The van der Waals surface area contributed by atoms with Crippen LogP contribution in [0.2, 0.25) is 0 Å². The van der Waals surface area contributed by atoms with Gasteiger partial charge in [0.05, 0.1) is 0 Å². The molecule has 1 aliphatic carbocycles. The van der Waals surface area contributed by atoms with Crippen LogP contribution in [0.15, 0.2) is 45.6 Å². The first-order valence-electron chi connectivity index (χ1n) is 7.22. The molecule has 1 amide bonds. The summed E-state index contributed by atoms with van der Waals surface area (Å²) < 4.78 is 1.08. The van der Waals surface area contributed by atoms with E-state index >= 15 is 0 Å². The summed E-state index contributed by atoms with van der Waals surface area (Å²) in [5, 5.41) is 7.44. The Hall–Kier alpha value is -1.13. The molecule has 0 spiro atoms. The summed E-state index contributed by atoms with van der Waals surface area (Å²) in [6.07, 6.45) is 3.70. The maximum absolute atomic E-state index is 12.0. The van der Waals surface area contributed by atoms with Crippen molar-refractivity contribution in [3.05, 3.63) is 56.7 Å². The van der Waals surface area contributed by atoms with Gasteiger partial charge in [0.15, 0.2) is 0 Å². The number of hydrogen-bond donors (Lipinski definition) is 1. The van der Waals surface area contributed by atoms with Gasteiger partial charge in [-0.05, 0) is 53.3 Å². The number of aryl methyl sites for hydroxylation is 1.